The Morgan fingerprint density at radius 3 is 2.50 bits per heavy atom. The average Bonchev–Trinajstić information content (AvgIpc) is 2.95. The highest BCUT2D eigenvalue weighted by atomic mass is 19.3. The number of ether oxygens (including phenoxy) is 1. The molecule has 0 aromatic rings. The van der Waals surface area contributed by atoms with Gasteiger partial charge in [0.25, 0.3) is 11.8 Å². The van der Waals surface area contributed by atoms with Crippen LogP contribution in [0.15, 0.2) is 0 Å². The van der Waals surface area contributed by atoms with Gasteiger partial charge in [0.05, 0.1) is 12.6 Å². The van der Waals surface area contributed by atoms with Crippen molar-refractivity contribution in [2.75, 3.05) is 6.54 Å². The van der Waals surface area contributed by atoms with Gasteiger partial charge in [-0.25, -0.2) is 13.6 Å². The van der Waals surface area contributed by atoms with Gasteiger partial charge in [0.2, 0.25) is 0 Å². The fourth-order valence-electron chi connectivity index (χ4n) is 2.07. The summed E-state index contributed by atoms with van der Waals surface area (Å²) in [5, 5.41) is 8.78. The van der Waals surface area contributed by atoms with Crippen molar-refractivity contribution in [3.05, 3.63) is 0 Å². The van der Waals surface area contributed by atoms with E-state index in [9.17, 15) is 18.4 Å². The number of alkyl halides is 2. The van der Waals surface area contributed by atoms with Gasteiger partial charge in [0.1, 0.15) is 6.04 Å². The Hall–Kier alpha value is -1.91. The largest absolute Gasteiger partial charge is 0.433 e. The number of hydrogen-bond acceptors (Lipinski definition) is 4. The van der Waals surface area contributed by atoms with E-state index < -0.39 is 42.5 Å². The van der Waals surface area contributed by atoms with Crippen LogP contribution in [0.2, 0.25) is 0 Å². The van der Waals surface area contributed by atoms with Crippen molar-refractivity contribution in [3.8, 4) is 6.07 Å². The van der Waals surface area contributed by atoms with Crippen LogP contribution >= 0.6 is 0 Å². The molecule has 18 heavy (non-hydrogen) atoms. The molecule has 1 heterocycles. The average molecular weight is 259 g/mol. The monoisotopic (exact) mass is 259 g/mol. The van der Waals surface area contributed by atoms with Crippen LogP contribution in [0.4, 0.5) is 13.6 Å². The predicted molar refractivity (Wildman–Crippen MR) is 53.3 cm³/mol. The summed E-state index contributed by atoms with van der Waals surface area (Å²) in [6, 6.07) is 0.464. The number of likely N-dealkylation sites (tertiary alicyclic amines) is 1. The molecule has 2 aliphatic rings. The number of halogens is 2. The molecular formula is C10H11F2N3O3. The minimum Gasteiger partial charge on any atom is -0.433 e. The van der Waals surface area contributed by atoms with Gasteiger partial charge >= 0.3 is 6.09 Å². The van der Waals surface area contributed by atoms with Gasteiger partial charge in [-0.2, -0.15) is 5.26 Å². The zero-order valence-electron chi connectivity index (χ0n) is 9.36. The molecule has 0 bridgehead atoms. The molecule has 2 amide bonds. The van der Waals surface area contributed by atoms with Crippen molar-refractivity contribution in [2.45, 2.75) is 36.8 Å². The van der Waals surface area contributed by atoms with Crippen molar-refractivity contribution in [3.63, 3.8) is 0 Å². The van der Waals surface area contributed by atoms with E-state index in [2.05, 4.69) is 4.74 Å². The van der Waals surface area contributed by atoms with E-state index in [0.29, 0.717) is 0 Å². The maximum Gasteiger partial charge on any atom is 0.405 e. The van der Waals surface area contributed by atoms with Crippen LogP contribution in [0.5, 0.6) is 0 Å². The van der Waals surface area contributed by atoms with Crippen LogP contribution in [0, 0.1) is 11.3 Å². The summed E-state index contributed by atoms with van der Waals surface area (Å²) in [5.74, 6) is -3.84. The molecule has 6 nitrogen and oxygen atoms in total. The summed E-state index contributed by atoms with van der Waals surface area (Å²) in [7, 11) is 0. The van der Waals surface area contributed by atoms with Crippen LogP contribution in [0.25, 0.3) is 0 Å². The third-order valence-corrected chi connectivity index (χ3v) is 3.07. The van der Waals surface area contributed by atoms with E-state index in [1.54, 1.807) is 6.07 Å². The van der Waals surface area contributed by atoms with Crippen LogP contribution in [-0.4, -0.2) is 41.0 Å². The summed E-state index contributed by atoms with van der Waals surface area (Å²) >= 11 is 0. The molecule has 1 saturated heterocycles. The first kappa shape index (κ1) is 12.5. The molecule has 2 fully saturated rings. The number of hydrogen-bond donors (Lipinski definition) is 1. The van der Waals surface area contributed by atoms with Crippen molar-refractivity contribution >= 4 is 12.0 Å². The first-order valence-electron chi connectivity index (χ1n) is 5.37. The molecule has 2 N–H and O–H groups in total. The Morgan fingerprint density at radius 2 is 2.06 bits per heavy atom. The van der Waals surface area contributed by atoms with Crippen molar-refractivity contribution < 1.29 is 23.1 Å². The number of nitrogens with two attached hydrogens (primary N) is 1. The number of amides is 2. The predicted octanol–water partition coefficient (Wildman–Crippen LogP) is 0.374. The minimum absolute atomic E-state index is 0.245. The Bertz CT molecular complexity index is 442. The van der Waals surface area contributed by atoms with Crippen LogP contribution in [-0.2, 0) is 9.53 Å². The number of carbonyl (C=O) groups is 2. The van der Waals surface area contributed by atoms with Crippen LogP contribution in [0.3, 0.4) is 0 Å². The fraction of sp³-hybridized carbons (Fsp3) is 0.700. The molecule has 8 heteroatoms. The Labute approximate surface area is 101 Å². The van der Waals surface area contributed by atoms with Crippen molar-refractivity contribution in [1.29, 1.82) is 5.26 Å². The molecule has 2 rings (SSSR count). The second-order valence-corrected chi connectivity index (χ2v) is 4.55. The molecule has 1 saturated carbocycles. The Balaban J connectivity index is 2.15. The van der Waals surface area contributed by atoms with Gasteiger partial charge in [0.15, 0.2) is 5.60 Å². The highest BCUT2D eigenvalue weighted by Gasteiger charge is 2.60. The smallest absolute Gasteiger partial charge is 0.405 e. The zero-order chi connectivity index (χ0) is 13.6. The Morgan fingerprint density at radius 1 is 1.44 bits per heavy atom. The SMILES string of the molecule is N#CC1CC(F)(F)CN1C(=O)C1(OC(N)=O)CC1. The maximum atomic E-state index is 13.2. The third-order valence-electron chi connectivity index (χ3n) is 3.07. The van der Waals surface area contributed by atoms with E-state index in [0.717, 1.165) is 4.90 Å². The summed E-state index contributed by atoms with van der Waals surface area (Å²) in [5.41, 5.74) is 3.40. The van der Waals surface area contributed by atoms with Gasteiger partial charge in [-0.1, -0.05) is 0 Å². The first-order valence-corrected chi connectivity index (χ1v) is 5.37. The van der Waals surface area contributed by atoms with Gasteiger partial charge in [-0.05, 0) is 0 Å². The first-order chi connectivity index (χ1) is 8.30. The van der Waals surface area contributed by atoms with E-state index in [1.807, 2.05) is 0 Å². The van der Waals surface area contributed by atoms with E-state index >= 15 is 0 Å². The summed E-state index contributed by atoms with van der Waals surface area (Å²) in [6.45, 7) is -0.825. The van der Waals surface area contributed by atoms with Crippen molar-refractivity contribution in [1.82, 2.24) is 4.90 Å². The lowest BCUT2D eigenvalue weighted by Gasteiger charge is -2.24. The molecule has 1 atom stereocenters. The topological polar surface area (TPSA) is 96.4 Å². The maximum absolute atomic E-state index is 13.2. The molecule has 1 unspecified atom stereocenters. The summed E-state index contributed by atoms with van der Waals surface area (Å²) < 4.78 is 31.0. The van der Waals surface area contributed by atoms with Gasteiger partial charge in [-0.3, -0.25) is 4.79 Å². The molecule has 1 aliphatic heterocycles. The standard InChI is InChI=1S/C10H11F2N3O3/c11-10(12)3-6(4-13)15(5-10)7(16)9(1-2-9)18-8(14)17/h6H,1-3,5H2,(H2,14,17). The highest BCUT2D eigenvalue weighted by Crippen LogP contribution is 2.44. The molecule has 0 radical (unpaired) electrons. The van der Waals surface area contributed by atoms with E-state index in [4.69, 9.17) is 11.0 Å². The summed E-state index contributed by atoms with van der Waals surface area (Å²) in [6.07, 6.45) is -1.33. The minimum atomic E-state index is -3.08. The van der Waals surface area contributed by atoms with Crippen LogP contribution < -0.4 is 5.73 Å². The van der Waals surface area contributed by atoms with Crippen molar-refractivity contribution in [2.24, 2.45) is 5.73 Å². The molecule has 0 aromatic heterocycles. The van der Waals surface area contributed by atoms with E-state index in [1.165, 1.54) is 0 Å². The second-order valence-electron chi connectivity index (χ2n) is 4.55. The van der Waals surface area contributed by atoms with E-state index in [-0.39, 0.29) is 12.8 Å². The second kappa shape index (κ2) is 3.80. The lowest BCUT2D eigenvalue weighted by molar-refractivity contribution is -0.143. The molecular weight excluding hydrogens is 248 g/mol. The number of primary amides is 1. The molecule has 98 valence electrons. The van der Waals surface area contributed by atoms with Crippen LogP contribution in [0.1, 0.15) is 19.3 Å². The fourth-order valence-corrected chi connectivity index (χ4v) is 2.07. The molecule has 0 spiro atoms. The van der Waals surface area contributed by atoms with Gasteiger partial charge in [0, 0.05) is 19.3 Å². The zero-order valence-corrected chi connectivity index (χ0v) is 9.36. The molecule has 0 aromatic carbocycles. The quantitative estimate of drug-likeness (QED) is 0.775. The van der Waals surface area contributed by atoms with Gasteiger partial charge < -0.3 is 15.4 Å². The number of nitrogens with zero attached hydrogens (tertiary/aromatic N) is 2. The normalized spacial score (nSPS) is 27.4. The number of carbonyl (C=O) groups excluding carboxylic acids is 2. The lowest BCUT2D eigenvalue weighted by atomic mass is 10.2. The number of nitriles is 1. The highest BCUT2D eigenvalue weighted by molar-refractivity contribution is 5.91. The summed E-state index contributed by atoms with van der Waals surface area (Å²) in [4.78, 5) is 23.5. The lowest BCUT2D eigenvalue weighted by Crippen LogP contribution is -2.46. The van der Waals surface area contributed by atoms with Gasteiger partial charge in [-0.15, -0.1) is 0 Å². The number of rotatable bonds is 2. The Kier molecular flexibility index (Phi) is 2.65. The molecule has 1 aliphatic carbocycles. The third kappa shape index (κ3) is 2.08.